The molecule has 1 heterocycles. The third-order valence-electron chi connectivity index (χ3n) is 2.26. The van der Waals surface area contributed by atoms with E-state index in [0.717, 1.165) is 0 Å². The van der Waals surface area contributed by atoms with Crippen molar-refractivity contribution in [2.75, 3.05) is 19.7 Å². The summed E-state index contributed by atoms with van der Waals surface area (Å²) < 4.78 is 10.5. The van der Waals surface area contributed by atoms with E-state index >= 15 is 0 Å². The Labute approximate surface area is 101 Å². The fourth-order valence-corrected chi connectivity index (χ4v) is 1.56. The van der Waals surface area contributed by atoms with Gasteiger partial charge in [0.05, 0.1) is 12.6 Å². The summed E-state index contributed by atoms with van der Waals surface area (Å²) in [6, 6.07) is 0. The number of nitrogens with two attached hydrogens (primary N) is 1. The topological polar surface area (TPSA) is 81.9 Å². The molecule has 0 aromatic heterocycles. The minimum absolute atomic E-state index is 0.104. The van der Waals surface area contributed by atoms with Crippen molar-refractivity contribution in [1.82, 2.24) is 4.90 Å². The van der Waals surface area contributed by atoms with Gasteiger partial charge in [-0.15, -0.1) is 0 Å². The number of amides is 2. The van der Waals surface area contributed by atoms with E-state index in [1.54, 1.807) is 4.90 Å². The van der Waals surface area contributed by atoms with Crippen LogP contribution in [-0.4, -0.2) is 48.3 Å². The molecule has 98 valence electrons. The van der Waals surface area contributed by atoms with Crippen LogP contribution >= 0.6 is 0 Å². The van der Waals surface area contributed by atoms with Gasteiger partial charge in [-0.05, 0) is 27.2 Å². The van der Waals surface area contributed by atoms with Gasteiger partial charge in [0.2, 0.25) is 5.91 Å². The lowest BCUT2D eigenvalue weighted by molar-refractivity contribution is -0.124. The Balaban J connectivity index is 2.34. The van der Waals surface area contributed by atoms with Crippen LogP contribution in [0, 0.1) is 0 Å². The zero-order valence-electron chi connectivity index (χ0n) is 10.6. The Morgan fingerprint density at radius 2 is 2.06 bits per heavy atom. The van der Waals surface area contributed by atoms with Crippen molar-refractivity contribution in [3.05, 3.63) is 0 Å². The first-order valence-corrected chi connectivity index (χ1v) is 5.66. The van der Waals surface area contributed by atoms with Gasteiger partial charge >= 0.3 is 6.09 Å². The number of nitrogens with zero attached hydrogens (tertiary/aromatic N) is 1. The van der Waals surface area contributed by atoms with Gasteiger partial charge in [0, 0.05) is 6.54 Å². The first-order chi connectivity index (χ1) is 7.78. The average Bonchev–Trinajstić information content (AvgIpc) is 2.60. The SMILES string of the molecule is CC(C)(C)OC(=O)N1CCC(OCC(N)=O)C1. The molecule has 0 aliphatic carbocycles. The molecule has 0 spiro atoms. The predicted octanol–water partition coefficient (Wildman–Crippen LogP) is 0.498. The highest BCUT2D eigenvalue weighted by Crippen LogP contribution is 2.16. The van der Waals surface area contributed by atoms with E-state index in [1.807, 2.05) is 20.8 Å². The summed E-state index contributed by atoms with van der Waals surface area (Å²) in [6.45, 7) is 6.39. The highest BCUT2D eigenvalue weighted by atomic mass is 16.6. The van der Waals surface area contributed by atoms with Gasteiger partial charge in [0.1, 0.15) is 12.2 Å². The molecule has 1 atom stereocenters. The van der Waals surface area contributed by atoms with E-state index < -0.39 is 11.5 Å². The van der Waals surface area contributed by atoms with E-state index in [-0.39, 0.29) is 18.8 Å². The fraction of sp³-hybridized carbons (Fsp3) is 0.818. The van der Waals surface area contributed by atoms with E-state index in [1.165, 1.54) is 0 Å². The number of rotatable bonds is 3. The second kappa shape index (κ2) is 5.35. The Bertz CT molecular complexity index is 298. The molecule has 1 aliphatic rings. The third-order valence-corrected chi connectivity index (χ3v) is 2.26. The quantitative estimate of drug-likeness (QED) is 0.783. The van der Waals surface area contributed by atoms with Crippen LogP contribution in [0.1, 0.15) is 27.2 Å². The molecule has 1 rings (SSSR count). The fourth-order valence-electron chi connectivity index (χ4n) is 1.56. The molecule has 2 amide bonds. The molecule has 0 bridgehead atoms. The molecule has 0 saturated carbocycles. The lowest BCUT2D eigenvalue weighted by Gasteiger charge is -2.24. The number of carbonyl (C=O) groups is 2. The molecule has 0 radical (unpaired) electrons. The second-order valence-corrected chi connectivity index (χ2v) is 5.11. The lowest BCUT2D eigenvalue weighted by Crippen LogP contribution is -2.36. The normalized spacial score (nSPS) is 20.4. The van der Waals surface area contributed by atoms with Crippen molar-refractivity contribution in [3.8, 4) is 0 Å². The second-order valence-electron chi connectivity index (χ2n) is 5.11. The number of carbonyl (C=O) groups excluding carboxylic acids is 2. The number of hydrogen-bond donors (Lipinski definition) is 1. The van der Waals surface area contributed by atoms with Crippen LogP contribution in [0.2, 0.25) is 0 Å². The summed E-state index contributed by atoms with van der Waals surface area (Å²) in [4.78, 5) is 23.8. The summed E-state index contributed by atoms with van der Waals surface area (Å²) in [6.07, 6.45) is 0.227. The molecule has 1 fully saturated rings. The van der Waals surface area contributed by atoms with Crippen LogP contribution < -0.4 is 5.73 Å². The standard InChI is InChI=1S/C11H20N2O4/c1-11(2,3)17-10(15)13-5-4-8(6-13)16-7-9(12)14/h8H,4-7H2,1-3H3,(H2,12,14). The van der Waals surface area contributed by atoms with Gasteiger partial charge in [0.15, 0.2) is 0 Å². The molecule has 1 saturated heterocycles. The number of likely N-dealkylation sites (tertiary alicyclic amines) is 1. The maximum atomic E-state index is 11.7. The molecule has 17 heavy (non-hydrogen) atoms. The molecule has 0 aromatic carbocycles. The Kier molecular flexibility index (Phi) is 4.34. The Morgan fingerprint density at radius 1 is 1.41 bits per heavy atom. The van der Waals surface area contributed by atoms with E-state index in [0.29, 0.717) is 19.5 Å². The summed E-state index contributed by atoms with van der Waals surface area (Å²) in [5, 5.41) is 0. The minimum Gasteiger partial charge on any atom is -0.444 e. The molecule has 2 N–H and O–H groups in total. The smallest absolute Gasteiger partial charge is 0.410 e. The van der Waals surface area contributed by atoms with Crippen LogP contribution in [0.15, 0.2) is 0 Å². The maximum absolute atomic E-state index is 11.7. The maximum Gasteiger partial charge on any atom is 0.410 e. The molecular weight excluding hydrogens is 224 g/mol. The zero-order valence-corrected chi connectivity index (χ0v) is 10.6. The van der Waals surface area contributed by atoms with Gasteiger partial charge in [-0.1, -0.05) is 0 Å². The number of hydrogen-bond acceptors (Lipinski definition) is 4. The first-order valence-electron chi connectivity index (χ1n) is 5.66. The molecule has 6 heteroatoms. The summed E-state index contributed by atoms with van der Waals surface area (Å²) in [5.41, 5.74) is 4.48. The van der Waals surface area contributed by atoms with Gasteiger partial charge < -0.3 is 20.1 Å². The van der Waals surface area contributed by atoms with Crippen LogP contribution in [0.3, 0.4) is 0 Å². The Morgan fingerprint density at radius 3 is 2.59 bits per heavy atom. The van der Waals surface area contributed by atoms with E-state index in [4.69, 9.17) is 15.2 Å². The van der Waals surface area contributed by atoms with Gasteiger partial charge in [-0.2, -0.15) is 0 Å². The monoisotopic (exact) mass is 244 g/mol. The lowest BCUT2D eigenvalue weighted by atomic mass is 10.2. The van der Waals surface area contributed by atoms with Crippen molar-refractivity contribution < 1.29 is 19.1 Å². The van der Waals surface area contributed by atoms with Gasteiger partial charge in [-0.25, -0.2) is 4.79 Å². The highest BCUT2D eigenvalue weighted by Gasteiger charge is 2.30. The largest absolute Gasteiger partial charge is 0.444 e. The molecule has 6 nitrogen and oxygen atoms in total. The number of ether oxygens (including phenoxy) is 2. The average molecular weight is 244 g/mol. The highest BCUT2D eigenvalue weighted by molar-refractivity contribution is 5.75. The van der Waals surface area contributed by atoms with E-state index in [9.17, 15) is 9.59 Å². The number of primary amides is 1. The summed E-state index contributed by atoms with van der Waals surface area (Å²) in [5.74, 6) is -0.499. The van der Waals surface area contributed by atoms with Crippen LogP contribution in [0.5, 0.6) is 0 Å². The van der Waals surface area contributed by atoms with Crippen molar-refractivity contribution in [2.45, 2.75) is 38.9 Å². The van der Waals surface area contributed by atoms with Crippen molar-refractivity contribution in [3.63, 3.8) is 0 Å². The predicted molar refractivity (Wildman–Crippen MR) is 61.4 cm³/mol. The van der Waals surface area contributed by atoms with Gasteiger partial charge in [-0.3, -0.25) is 4.79 Å². The summed E-state index contributed by atoms with van der Waals surface area (Å²) >= 11 is 0. The summed E-state index contributed by atoms with van der Waals surface area (Å²) in [7, 11) is 0. The van der Waals surface area contributed by atoms with Crippen molar-refractivity contribution in [1.29, 1.82) is 0 Å². The molecular formula is C11H20N2O4. The molecule has 1 unspecified atom stereocenters. The zero-order chi connectivity index (χ0) is 13.1. The van der Waals surface area contributed by atoms with Crippen molar-refractivity contribution in [2.24, 2.45) is 5.73 Å². The minimum atomic E-state index is -0.499. The van der Waals surface area contributed by atoms with Crippen LogP contribution in [0.4, 0.5) is 4.79 Å². The van der Waals surface area contributed by atoms with Crippen LogP contribution in [-0.2, 0) is 14.3 Å². The molecule has 1 aliphatic heterocycles. The first kappa shape index (κ1) is 13.8. The van der Waals surface area contributed by atoms with Crippen molar-refractivity contribution >= 4 is 12.0 Å². The van der Waals surface area contributed by atoms with Gasteiger partial charge in [0.25, 0.3) is 0 Å². The van der Waals surface area contributed by atoms with Crippen LogP contribution in [0.25, 0.3) is 0 Å². The Hall–Kier alpha value is -1.30. The van der Waals surface area contributed by atoms with E-state index in [2.05, 4.69) is 0 Å². The third kappa shape index (κ3) is 5.04. The molecule has 0 aromatic rings.